The molecule has 2 N–H and O–H groups in total. The van der Waals surface area contributed by atoms with Crippen molar-refractivity contribution >= 4 is 10.1 Å². The Labute approximate surface area is 47.9 Å². The van der Waals surface area contributed by atoms with Crippen molar-refractivity contribution in [2.24, 2.45) is 0 Å². The molecule has 50 valence electrons. The number of hydrogen-bond donors (Lipinski definition) is 2. The number of rotatable bonds is 2. The van der Waals surface area contributed by atoms with Gasteiger partial charge in [-0.2, -0.15) is 8.42 Å². The summed E-state index contributed by atoms with van der Waals surface area (Å²) in [6, 6.07) is 0. The third-order valence-corrected chi connectivity index (χ3v) is 1.36. The maximum atomic E-state index is 9.84. The van der Waals surface area contributed by atoms with E-state index in [4.69, 9.17) is 9.66 Å². The molecule has 0 aliphatic heterocycles. The van der Waals surface area contributed by atoms with Crippen LogP contribution in [0.1, 0.15) is 6.92 Å². The summed E-state index contributed by atoms with van der Waals surface area (Å²) in [5.74, 6) is -0.590. The van der Waals surface area contributed by atoms with Gasteiger partial charge in [-0.3, -0.25) is 4.55 Å². The van der Waals surface area contributed by atoms with Crippen LogP contribution in [0.15, 0.2) is 0 Å². The first-order chi connectivity index (χ1) is 3.42. The molecule has 0 aromatic rings. The van der Waals surface area contributed by atoms with Crippen LogP contribution in [-0.2, 0) is 10.1 Å². The van der Waals surface area contributed by atoms with Crippen LogP contribution in [0.2, 0.25) is 0 Å². The van der Waals surface area contributed by atoms with Crippen LogP contribution in [0.3, 0.4) is 0 Å². The van der Waals surface area contributed by atoms with Gasteiger partial charge in [0.05, 0.1) is 6.10 Å². The third-order valence-electron chi connectivity index (χ3n) is 0.452. The zero-order valence-electron chi connectivity index (χ0n) is 4.40. The van der Waals surface area contributed by atoms with Crippen molar-refractivity contribution in [2.45, 2.75) is 13.0 Å². The Kier molecular flexibility index (Phi) is 2.39. The Balaban J connectivity index is 3.75. The van der Waals surface area contributed by atoms with Gasteiger partial charge in [-0.1, -0.05) is 0 Å². The van der Waals surface area contributed by atoms with E-state index in [1.165, 1.54) is 6.92 Å². The molecular formula is C3H8O4S. The molecule has 0 radical (unpaired) electrons. The van der Waals surface area contributed by atoms with Crippen LogP contribution >= 0.6 is 0 Å². The van der Waals surface area contributed by atoms with Crippen molar-refractivity contribution in [1.29, 1.82) is 0 Å². The van der Waals surface area contributed by atoms with Crippen molar-refractivity contribution in [3.8, 4) is 0 Å². The lowest BCUT2D eigenvalue weighted by atomic mass is 10.5. The van der Waals surface area contributed by atoms with Crippen LogP contribution in [-0.4, -0.2) is 29.9 Å². The first-order valence-corrected chi connectivity index (χ1v) is 3.66. The maximum absolute atomic E-state index is 9.84. The van der Waals surface area contributed by atoms with E-state index in [2.05, 4.69) is 0 Å². The normalized spacial score (nSPS) is 15.9. The van der Waals surface area contributed by atoms with Crippen LogP contribution in [0, 0.1) is 0 Å². The lowest BCUT2D eigenvalue weighted by Crippen LogP contribution is -2.16. The lowest BCUT2D eigenvalue weighted by Gasteiger charge is -1.97. The fourth-order valence-electron chi connectivity index (χ4n) is 0.305. The molecule has 4 nitrogen and oxygen atoms in total. The van der Waals surface area contributed by atoms with Gasteiger partial charge in [-0.25, -0.2) is 0 Å². The van der Waals surface area contributed by atoms with Crippen molar-refractivity contribution in [3.05, 3.63) is 0 Å². The topological polar surface area (TPSA) is 74.6 Å². The Morgan fingerprint density at radius 1 is 1.62 bits per heavy atom. The van der Waals surface area contributed by atoms with Gasteiger partial charge in [0, 0.05) is 0 Å². The number of aliphatic hydroxyl groups is 1. The van der Waals surface area contributed by atoms with E-state index in [0.717, 1.165) is 0 Å². The van der Waals surface area contributed by atoms with Gasteiger partial charge < -0.3 is 5.11 Å². The van der Waals surface area contributed by atoms with E-state index in [1.54, 1.807) is 0 Å². The standard InChI is InChI=1S/C3H8O4S/c1-3(4)2-8(5,6)7/h3-4H,2H2,1H3,(H,5,6,7)/t3-/m0/s1. The monoisotopic (exact) mass is 140 g/mol. The Morgan fingerprint density at radius 2 is 2.00 bits per heavy atom. The molecule has 0 bridgehead atoms. The second-order valence-corrected chi connectivity index (χ2v) is 3.09. The summed E-state index contributed by atoms with van der Waals surface area (Å²) in [5, 5.41) is 8.35. The van der Waals surface area contributed by atoms with Gasteiger partial charge in [0.25, 0.3) is 10.1 Å². The molecule has 0 heterocycles. The van der Waals surface area contributed by atoms with Crippen molar-refractivity contribution < 1.29 is 18.1 Å². The molecule has 8 heavy (non-hydrogen) atoms. The summed E-state index contributed by atoms with van der Waals surface area (Å²) < 4.78 is 27.7. The number of hydrogen-bond acceptors (Lipinski definition) is 3. The minimum Gasteiger partial charge on any atom is -0.392 e. The van der Waals surface area contributed by atoms with Gasteiger partial charge in [0.2, 0.25) is 0 Å². The van der Waals surface area contributed by atoms with E-state index in [0.29, 0.717) is 0 Å². The van der Waals surface area contributed by atoms with Gasteiger partial charge in [-0.05, 0) is 6.92 Å². The zero-order chi connectivity index (χ0) is 6.78. The summed E-state index contributed by atoms with van der Waals surface area (Å²) in [7, 11) is -3.97. The highest BCUT2D eigenvalue weighted by Crippen LogP contribution is 1.86. The Morgan fingerprint density at radius 3 is 2.00 bits per heavy atom. The van der Waals surface area contributed by atoms with E-state index in [9.17, 15) is 8.42 Å². The Bertz CT molecular complexity index is 145. The SMILES string of the molecule is C[C@H](O)CS(=O)(=O)O. The summed E-state index contributed by atoms with van der Waals surface area (Å²) in [6.07, 6.45) is -0.995. The Hall–Kier alpha value is -0.130. The summed E-state index contributed by atoms with van der Waals surface area (Å²) >= 11 is 0. The highest BCUT2D eigenvalue weighted by molar-refractivity contribution is 7.85. The third kappa shape index (κ3) is 5.87. The molecule has 0 saturated carbocycles. The molecule has 0 aliphatic rings. The molecule has 0 fully saturated rings. The second-order valence-electron chi connectivity index (χ2n) is 1.60. The largest absolute Gasteiger partial charge is 0.392 e. The van der Waals surface area contributed by atoms with Crippen LogP contribution in [0.5, 0.6) is 0 Å². The van der Waals surface area contributed by atoms with Crippen LogP contribution in [0.25, 0.3) is 0 Å². The highest BCUT2D eigenvalue weighted by atomic mass is 32.2. The summed E-state index contributed by atoms with van der Waals surface area (Å²) in [6.45, 7) is 1.29. The van der Waals surface area contributed by atoms with E-state index >= 15 is 0 Å². The molecular weight excluding hydrogens is 132 g/mol. The van der Waals surface area contributed by atoms with Crippen LogP contribution in [0.4, 0.5) is 0 Å². The maximum Gasteiger partial charge on any atom is 0.267 e. The molecule has 0 unspecified atom stereocenters. The quantitative estimate of drug-likeness (QED) is 0.495. The fraction of sp³-hybridized carbons (Fsp3) is 1.00. The zero-order valence-corrected chi connectivity index (χ0v) is 5.22. The van der Waals surface area contributed by atoms with E-state index in [-0.39, 0.29) is 0 Å². The second kappa shape index (κ2) is 2.43. The molecule has 0 spiro atoms. The predicted molar refractivity (Wildman–Crippen MR) is 28.1 cm³/mol. The molecule has 0 aliphatic carbocycles. The van der Waals surface area contributed by atoms with Crippen molar-refractivity contribution in [3.63, 3.8) is 0 Å². The van der Waals surface area contributed by atoms with Crippen molar-refractivity contribution in [2.75, 3.05) is 5.75 Å². The molecule has 1 atom stereocenters. The smallest absolute Gasteiger partial charge is 0.267 e. The average Bonchev–Trinajstić information content (AvgIpc) is 1.21. The molecule has 0 amide bonds. The van der Waals surface area contributed by atoms with Crippen LogP contribution < -0.4 is 0 Å². The molecule has 0 aromatic heterocycles. The minimum atomic E-state index is -3.97. The summed E-state index contributed by atoms with van der Waals surface area (Å²) in [4.78, 5) is 0. The number of aliphatic hydroxyl groups excluding tert-OH is 1. The molecule has 0 saturated heterocycles. The lowest BCUT2D eigenvalue weighted by molar-refractivity contribution is 0.215. The molecule has 5 heteroatoms. The van der Waals surface area contributed by atoms with Gasteiger partial charge >= 0.3 is 0 Å². The minimum absolute atomic E-state index is 0.590. The van der Waals surface area contributed by atoms with Gasteiger partial charge in [0.1, 0.15) is 5.75 Å². The van der Waals surface area contributed by atoms with Gasteiger partial charge in [-0.15, -0.1) is 0 Å². The molecule has 0 rings (SSSR count). The fourth-order valence-corrected chi connectivity index (χ4v) is 0.914. The first kappa shape index (κ1) is 7.87. The predicted octanol–water partition coefficient (Wildman–Crippen LogP) is -0.745. The van der Waals surface area contributed by atoms with E-state index < -0.39 is 22.0 Å². The molecule has 0 aromatic carbocycles. The highest BCUT2D eigenvalue weighted by Gasteiger charge is 2.07. The van der Waals surface area contributed by atoms with Crippen molar-refractivity contribution in [1.82, 2.24) is 0 Å². The average molecular weight is 140 g/mol. The summed E-state index contributed by atoms with van der Waals surface area (Å²) in [5.41, 5.74) is 0. The first-order valence-electron chi connectivity index (χ1n) is 2.05. The van der Waals surface area contributed by atoms with E-state index in [1.807, 2.05) is 0 Å². The van der Waals surface area contributed by atoms with Gasteiger partial charge in [0.15, 0.2) is 0 Å².